The first kappa shape index (κ1) is 14.8. The Morgan fingerprint density at radius 2 is 2.05 bits per heavy atom. The molecule has 21 heavy (non-hydrogen) atoms. The molecule has 2 aliphatic rings. The third-order valence-corrected chi connectivity index (χ3v) is 4.86. The SMILES string of the molecule is CN(C)c1cc(C2CCCN(C3CCOCC3)C2)ccn1. The summed E-state index contributed by atoms with van der Waals surface area (Å²) in [6.45, 7) is 4.33. The topological polar surface area (TPSA) is 28.6 Å². The molecule has 1 atom stereocenters. The van der Waals surface area contributed by atoms with Crippen LogP contribution in [0.1, 0.15) is 37.2 Å². The summed E-state index contributed by atoms with van der Waals surface area (Å²) in [5, 5.41) is 0. The van der Waals surface area contributed by atoms with Crippen molar-refractivity contribution in [1.29, 1.82) is 0 Å². The lowest BCUT2D eigenvalue weighted by atomic mass is 9.89. The first-order chi connectivity index (χ1) is 10.2. The fourth-order valence-electron chi connectivity index (χ4n) is 3.59. The van der Waals surface area contributed by atoms with Gasteiger partial charge in [-0.3, -0.25) is 4.90 Å². The lowest BCUT2D eigenvalue weighted by Gasteiger charge is -2.40. The van der Waals surface area contributed by atoms with Crippen LogP contribution in [0.2, 0.25) is 0 Å². The molecule has 0 spiro atoms. The van der Waals surface area contributed by atoms with E-state index in [4.69, 9.17) is 4.74 Å². The fraction of sp³-hybridized carbons (Fsp3) is 0.706. The van der Waals surface area contributed by atoms with Crippen LogP contribution in [0.15, 0.2) is 18.3 Å². The first-order valence-corrected chi connectivity index (χ1v) is 8.19. The Kier molecular flexibility index (Phi) is 4.76. The van der Waals surface area contributed by atoms with Crippen LogP contribution in [0, 0.1) is 0 Å². The summed E-state index contributed by atoms with van der Waals surface area (Å²) in [6, 6.07) is 5.19. The van der Waals surface area contributed by atoms with Gasteiger partial charge in [-0.25, -0.2) is 4.98 Å². The highest BCUT2D eigenvalue weighted by atomic mass is 16.5. The predicted molar refractivity (Wildman–Crippen MR) is 86.0 cm³/mol. The highest BCUT2D eigenvalue weighted by Crippen LogP contribution is 2.30. The minimum atomic E-state index is 0.656. The van der Waals surface area contributed by atoms with Crippen LogP contribution >= 0.6 is 0 Å². The second-order valence-corrected chi connectivity index (χ2v) is 6.52. The summed E-state index contributed by atoms with van der Waals surface area (Å²) in [5.41, 5.74) is 1.45. The van der Waals surface area contributed by atoms with Crippen molar-refractivity contribution < 1.29 is 4.74 Å². The molecule has 1 aromatic heterocycles. The molecular weight excluding hydrogens is 262 g/mol. The normalized spacial score (nSPS) is 25.0. The van der Waals surface area contributed by atoms with Gasteiger partial charge < -0.3 is 9.64 Å². The molecule has 0 saturated carbocycles. The highest BCUT2D eigenvalue weighted by Gasteiger charge is 2.28. The van der Waals surface area contributed by atoms with Crippen molar-refractivity contribution in [2.75, 3.05) is 45.3 Å². The number of ether oxygens (including phenoxy) is 1. The minimum absolute atomic E-state index is 0.656. The van der Waals surface area contributed by atoms with Gasteiger partial charge in [-0.15, -0.1) is 0 Å². The average molecular weight is 289 g/mol. The summed E-state index contributed by atoms with van der Waals surface area (Å²) >= 11 is 0. The molecule has 3 heterocycles. The third kappa shape index (κ3) is 3.55. The molecule has 116 valence electrons. The van der Waals surface area contributed by atoms with E-state index in [-0.39, 0.29) is 0 Å². The first-order valence-electron chi connectivity index (χ1n) is 8.19. The maximum absolute atomic E-state index is 5.50. The maximum Gasteiger partial charge on any atom is 0.128 e. The van der Waals surface area contributed by atoms with Gasteiger partial charge in [-0.05, 0) is 55.8 Å². The van der Waals surface area contributed by atoms with Crippen molar-refractivity contribution in [3.8, 4) is 0 Å². The van der Waals surface area contributed by atoms with Crippen molar-refractivity contribution in [3.05, 3.63) is 23.9 Å². The molecule has 1 unspecified atom stereocenters. The van der Waals surface area contributed by atoms with E-state index < -0.39 is 0 Å². The lowest BCUT2D eigenvalue weighted by Crippen LogP contribution is -2.44. The Morgan fingerprint density at radius 1 is 1.24 bits per heavy atom. The molecule has 0 radical (unpaired) electrons. The number of hydrogen-bond acceptors (Lipinski definition) is 4. The molecule has 4 heteroatoms. The van der Waals surface area contributed by atoms with E-state index in [0.29, 0.717) is 5.92 Å². The zero-order valence-corrected chi connectivity index (χ0v) is 13.3. The number of nitrogens with zero attached hydrogens (tertiary/aromatic N) is 3. The van der Waals surface area contributed by atoms with Crippen molar-refractivity contribution >= 4 is 5.82 Å². The standard InChI is InChI=1S/C17H27N3O/c1-19(2)17-12-14(5-8-18-17)15-4-3-9-20(13-15)16-6-10-21-11-7-16/h5,8,12,15-16H,3-4,6-7,9-11,13H2,1-2H3. The van der Waals surface area contributed by atoms with E-state index in [1.54, 1.807) is 0 Å². The van der Waals surface area contributed by atoms with Crippen molar-refractivity contribution in [2.45, 2.75) is 37.6 Å². The quantitative estimate of drug-likeness (QED) is 0.855. The van der Waals surface area contributed by atoms with Crippen LogP contribution in [0.4, 0.5) is 5.82 Å². The van der Waals surface area contributed by atoms with Gasteiger partial charge in [0.25, 0.3) is 0 Å². The number of rotatable bonds is 3. The molecule has 0 amide bonds. The molecular formula is C17H27N3O. The number of hydrogen-bond donors (Lipinski definition) is 0. The van der Waals surface area contributed by atoms with Crippen molar-refractivity contribution in [3.63, 3.8) is 0 Å². The number of pyridine rings is 1. The number of anilines is 1. The second-order valence-electron chi connectivity index (χ2n) is 6.52. The zero-order chi connectivity index (χ0) is 14.7. The Labute approximate surface area is 128 Å². The van der Waals surface area contributed by atoms with E-state index in [1.807, 2.05) is 6.20 Å². The van der Waals surface area contributed by atoms with Crippen LogP contribution in [0.5, 0.6) is 0 Å². The summed E-state index contributed by atoms with van der Waals surface area (Å²) in [5.74, 6) is 1.72. The smallest absolute Gasteiger partial charge is 0.128 e. The third-order valence-electron chi connectivity index (χ3n) is 4.86. The predicted octanol–water partition coefficient (Wildman–Crippen LogP) is 2.51. The Balaban J connectivity index is 1.69. The van der Waals surface area contributed by atoms with E-state index in [0.717, 1.165) is 25.1 Å². The molecule has 3 rings (SSSR count). The molecule has 2 fully saturated rings. The Hall–Kier alpha value is -1.13. The van der Waals surface area contributed by atoms with Gasteiger partial charge >= 0.3 is 0 Å². The second kappa shape index (κ2) is 6.75. The molecule has 0 aromatic carbocycles. The van der Waals surface area contributed by atoms with Crippen LogP contribution in [0.25, 0.3) is 0 Å². The highest BCUT2D eigenvalue weighted by molar-refractivity contribution is 5.40. The minimum Gasteiger partial charge on any atom is -0.381 e. The van der Waals surface area contributed by atoms with Crippen LogP contribution < -0.4 is 4.90 Å². The molecule has 0 aliphatic carbocycles. The van der Waals surface area contributed by atoms with Gasteiger partial charge in [0, 0.05) is 46.1 Å². The Bertz CT molecular complexity index is 457. The summed E-state index contributed by atoms with van der Waals surface area (Å²) in [6.07, 6.45) is 6.97. The molecule has 0 N–H and O–H groups in total. The fourth-order valence-corrected chi connectivity index (χ4v) is 3.59. The molecule has 2 saturated heterocycles. The van der Waals surface area contributed by atoms with Gasteiger partial charge in [0.1, 0.15) is 5.82 Å². The van der Waals surface area contributed by atoms with Gasteiger partial charge in [0.15, 0.2) is 0 Å². The van der Waals surface area contributed by atoms with Crippen molar-refractivity contribution in [2.24, 2.45) is 0 Å². The van der Waals surface area contributed by atoms with Crippen LogP contribution in [-0.4, -0.2) is 56.3 Å². The molecule has 0 bridgehead atoms. The monoisotopic (exact) mass is 289 g/mol. The maximum atomic E-state index is 5.50. The van der Waals surface area contributed by atoms with Gasteiger partial charge in [-0.1, -0.05) is 0 Å². The van der Waals surface area contributed by atoms with E-state index in [1.165, 1.54) is 44.3 Å². The van der Waals surface area contributed by atoms with Crippen molar-refractivity contribution in [1.82, 2.24) is 9.88 Å². The van der Waals surface area contributed by atoms with Gasteiger partial charge in [0.05, 0.1) is 0 Å². The number of piperidine rings is 1. The largest absolute Gasteiger partial charge is 0.381 e. The lowest BCUT2D eigenvalue weighted by molar-refractivity contribution is 0.0240. The number of likely N-dealkylation sites (tertiary alicyclic amines) is 1. The summed E-state index contributed by atoms with van der Waals surface area (Å²) in [7, 11) is 4.11. The van der Waals surface area contributed by atoms with E-state index in [9.17, 15) is 0 Å². The molecule has 1 aromatic rings. The number of aromatic nitrogens is 1. The van der Waals surface area contributed by atoms with Gasteiger partial charge in [0.2, 0.25) is 0 Å². The van der Waals surface area contributed by atoms with Crippen LogP contribution in [0.3, 0.4) is 0 Å². The van der Waals surface area contributed by atoms with E-state index >= 15 is 0 Å². The van der Waals surface area contributed by atoms with Gasteiger partial charge in [-0.2, -0.15) is 0 Å². The average Bonchev–Trinajstić information content (AvgIpc) is 2.56. The van der Waals surface area contributed by atoms with E-state index in [2.05, 4.69) is 41.0 Å². The summed E-state index contributed by atoms with van der Waals surface area (Å²) < 4.78 is 5.50. The Morgan fingerprint density at radius 3 is 2.81 bits per heavy atom. The van der Waals surface area contributed by atoms with Crippen LogP contribution in [-0.2, 0) is 4.74 Å². The zero-order valence-electron chi connectivity index (χ0n) is 13.3. The molecule has 4 nitrogen and oxygen atoms in total. The molecule has 2 aliphatic heterocycles. The summed E-state index contributed by atoms with van der Waals surface area (Å²) in [4.78, 5) is 9.23.